The van der Waals surface area contributed by atoms with Crippen molar-refractivity contribution in [3.63, 3.8) is 0 Å². The summed E-state index contributed by atoms with van der Waals surface area (Å²) in [4.78, 5) is 0. The Kier molecular flexibility index (Phi) is 4.03. The molecule has 0 aliphatic carbocycles. The Morgan fingerprint density at radius 3 is 2.93 bits per heavy atom. The highest BCUT2D eigenvalue weighted by atomic mass is 16.5. The normalized spacial score (nSPS) is 9.50. The van der Waals surface area contributed by atoms with E-state index in [1.54, 1.807) is 7.11 Å². The van der Waals surface area contributed by atoms with Crippen LogP contribution < -0.4 is 10.1 Å². The Morgan fingerprint density at radius 1 is 1.50 bits per heavy atom. The molecule has 0 saturated heterocycles. The van der Waals surface area contributed by atoms with Crippen molar-refractivity contribution in [1.82, 2.24) is 5.32 Å². The Bertz CT molecular complexity index is 339. The molecule has 0 bridgehead atoms. The van der Waals surface area contributed by atoms with Gasteiger partial charge in [-0.2, -0.15) is 0 Å². The van der Waals surface area contributed by atoms with Crippen LogP contribution in [0.5, 0.6) is 5.75 Å². The summed E-state index contributed by atoms with van der Waals surface area (Å²) in [5.74, 6) is 3.44. The minimum atomic E-state index is 0.580. The highest BCUT2D eigenvalue weighted by Crippen LogP contribution is 2.18. The predicted octanol–water partition coefficient (Wildman–Crippen LogP) is 1.73. The molecule has 0 atom stereocenters. The molecule has 1 N–H and O–H groups in total. The van der Waals surface area contributed by atoms with Gasteiger partial charge in [0.2, 0.25) is 0 Å². The van der Waals surface area contributed by atoms with Crippen LogP contribution in [0, 0.1) is 19.3 Å². The van der Waals surface area contributed by atoms with Crippen molar-refractivity contribution in [2.45, 2.75) is 13.5 Å². The monoisotopic (exact) mass is 189 g/mol. The molecule has 0 aliphatic heterocycles. The third-order valence-corrected chi connectivity index (χ3v) is 1.98. The van der Waals surface area contributed by atoms with E-state index in [0.29, 0.717) is 6.54 Å². The third-order valence-electron chi connectivity index (χ3n) is 1.98. The molecule has 0 amide bonds. The fraction of sp³-hybridized carbons (Fsp3) is 0.333. The van der Waals surface area contributed by atoms with Crippen molar-refractivity contribution in [1.29, 1.82) is 0 Å². The van der Waals surface area contributed by atoms with Gasteiger partial charge in [0, 0.05) is 12.1 Å². The highest BCUT2D eigenvalue weighted by molar-refractivity contribution is 5.36. The zero-order valence-corrected chi connectivity index (χ0v) is 8.63. The second kappa shape index (κ2) is 5.31. The summed E-state index contributed by atoms with van der Waals surface area (Å²) in [5, 5.41) is 3.14. The van der Waals surface area contributed by atoms with E-state index in [2.05, 4.69) is 24.2 Å². The molecule has 1 aromatic carbocycles. The van der Waals surface area contributed by atoms with Crippen LogP contribution in [0.1, 0.15) is 11.1 Å². The second-order valence-corrected chi connectivity index (χ2v) is 3.12. The predicted molar refractivity (Wildman–Crippen MR) is 58.3 cm³/mol. The Labute approximate surface area is 85.3 Å². The number of hydrogen-bond acceptors (Lipinski definition) is 2. The van der Waals surface area contributed by atoms with Crippen LogP contribution in [0.2, 0.25) is 0 Å². The Hall–Kier alpha value is -1.46. The number of hydrogen-bond donors (Lipinski definition) is 1. The van der Waals surface area contributed by atoms with Gasteiger partial charge in [0.1, 0.15) is 5.75 Å². The van der Waals surface area contributed by atoms with Crippen LogP contribution in [0.25, 0.3) is 0 Å². The van der Waals surface area contributed by atoms with Gasteiger partial charge in [0.05, 0.1) is 13.7 Å². The van der Waals surface area contributed by atoms with Gasteiger partial charge >= 0.3 is 0 Å². The van der Waals surface area contributed by atoms with Crippen molar-refractivity contribution >= 4 is 0 Å². The van der Waals surface area contributed by atoms with Crippen molar-refractivity contribution in [2.24, 2.45) is 0 Å². The van der Waals surface area contributed by atoms with Crippen LogP contribution in [-0.2, 0) is 6.54 Å². The number of rotatable bonds is 4. The molecular weight excluding hydrogens is 174 g/mol. The Morgan fingerprint density at radius 2 is 2.29 bits per heavy atom. The van der Waals surface area contributed by atoms with Gasteiger partial charge in [0.25, 0.3) is 0 Å². The molecular formula is C12H15NO. The van der Waals surface area contributed by atoms with E-state index < -0.39 is 0 Å². The fourth-order valence-electron chi connectivity index (χ4n) is 1.31. The lowest BCUT2D eigenvalue weighted by Crippen LogP contribution is -2.13. The second-order valence-electron chi connectivity index (χ2n) is 3.12. The average molecular weight is 189 g/mol. The zero-order valence-electron chi connectivity index (χ0n) is 8.63. The van der Waals surface area contributed by atoms with Crippen molar-refractivity contribution in [2.75, 3.05) is 13.7 Å². The first-order chi connectivity index (χ1) is 6.77. The molecule has 1 rings (SSSR count). The lowest BCUT2D eigenvalue weighted by atomic mass is 10.1. The van der Waals surface area contributed by atoms with Gasteiger partial charge < -0.3 is 10.1 Å². The molecule has 0 aliphatic rings. The molecule has 0 fully saturated rings. The number of terminal acetylenes is 1. The van der Waals surface area contributed by atoms with Crippen LogP contribution in [0.3, 0.4) is 0 Å². The topological polar surface area (TPSA) is 21.3 Å². The molecule has 14 heavy (non-hydrogen) atoms. The summed E-state index contributed by atoms with van der Waals surface area (Å²) in [6, 6.07) is 6.11. The lowest BCUT2D eigenvalue weighted by Gasteiger charge is -2.09. The molecule has 0 unspecified atom stereocenters. The lowest BCUT2D eigenvalue weighted by molar-refractivity contribution is 0.408. The van der Waals surface area contributed by atoms with Gasteiger partial charge in [-0.05, 0) is 13.0 Å². The van der Waals surface area contributed by atoms with Crippen molar-refractivity contribution < 1.29 is 4.74 Å². The van der Waals surface area contributed by atoms with E-state index in [0.717, 1.165) is 17.9 Å². The first kappa shape index (κ1) is 10.6. The maximum absolute atomic E-state index is 5.24. The van der Waals surface area contributed by atoms with Gasteiger partial charge in [-0.3, -0.25) is 0 Å². The van der Waals surface area contributed by atoms with Crippen molar-refractivity contribution in [3.05, 3.63) is 29.3 Å². The highest BCUT2D eigenvalue weighted by Gasteiger charge is 2.01. The first-order valence-electron chi connectivity index (χ1n) is 4.55. The van der Waals surface area contributed by atoms with Crippen molar-refractivity contribution in [3.8, 4) is 18.1 Å². The summed E-state index contributed by atoms with van der Waals surface area (Å²) in [5.41, 5.74) is 2.37. The average Bonchev–Trinajstić information content (AvgIpc) is 2.19. The SMILES string of the molecule is C#CCNCc1cc(C)ccc1OC. The molecule has 2 nitrogen and oxygen atoms in total. The summed E-state index contributed by atoms with van der Waals surface area (Å²) < 4.78 is 5.24. The zero-order chi connectivity index (χ0) is 10.4. The van der Waals surface area contributed by atoms with Gasteiger partial charge in [0.15, 0.2) is 0 Å². The number of ether oxygens (including phenoxy) is 1. The van der Waals surface area contributed by atoms with E-state index >= 15 is 0 Å². The summed E-state index contributed by atoms with van der Waals surface area (Å²) in [7, 11) is 1.68. The molecule has 0 radical (unpaired) electrons. The molecule has 0 spiro atoms. The van der Waals surface area contributed by atoms with Crippen LogP contribution >= 0.6 is 0 Å². The molecule has 0 saturated carbocycles. The summed E-state index contributed by atoms with van der Waals surface area (Å²) in [6.07, 6.45) is 5.15. The maximum atomic E-state index is 5.24. The fourth-order valence-corrected chi connectivity index (χ4v) is 1.31. The van der Waals surface area contributed by atoms with E-state index in [9.17, 15) is 0 Å². The van der Waals surface area contributed by atoms with Gasteiger partial charge in [-0.1, -0.05) is 23.6 Å². The largest absolute Gasteiger partial charge is 0.496 e. The van der Waals surface area contributed by atoms with E-state index in [4.69, 9.17) is 11.2 Å². The van der Waals surface area contributed by atoms with Gasteiger partial charge in [-0.15, -0.1) is 6.42 Å². The number of nitrogens with one attached hydrogen (secondary N) is 1. The molecule has 74 valence electrons. The maximum Gasteiger partial charge on any atom is 0.123 e. The summed E-state index contributed by atoms with van der Waals surface area (Å²) >= 11 is 0. The molecule has 1 aromatic rings. The molecule has 2 heteroatoms. The minimum absolute atomic E-state index is 0.580. The number of benzene rings is 1. The van der Waals surface area contributed by atoms with E-state index in [1.165, 1.54) is 5.56 Å². The molecule has 0 heterocycles. The number of aryl methyl sites for hydroxylation is 1. The quantitative estimate of drug-likeness (QED) is 0.575. The number of methoxy groups -OCH3 is 1. The van der Waals surface area contributed by atoms with Crippen LogP contribution in [0.4, 0.5) is 0 Å². The summed E-state index contributed by atoms with van der Waals surface area (Å²) in [6.45, 7) is 3.39. The van der Waals surface area contributed by atoms with Crippen LogP contribution in [-0.4, -0.2) is 13.7 Å². The Balaban J connectivity index is 2.73. The third kappa shape index (κ3) is 2.79. The van der Waals surface area contributed by atoms with Gasteiger partial charge in [-0.25, -0.2) is 0 Å². The first-order valence-corrected chi connectivity index (χ1v) is 4.55. The smallest absolute Gasteiger partial charge is 0.123 e. The van der Waals surface area contributed by atoms with E-state index in [-0.39, 0.29) is 0 Å². The van der Waals surface area contributed by atoms with E-state index in [1.807, 2.05) is 12.1 Å². The minimum Gasteiger partial charge on any atom is -0.496 e. The molecule has 0 aromatic heterocycles. The standard InChI is InChI=1S/C12H15NO/c1-4-7-13-9-11-8-10(2)5-6-12(11)14-3/h1,5-6,8,13H,7,9H2,2-3H3. The van der Waals surface area contributed by atoms with Crippen LogP contribution in [0.15, 0.2) is 18.2 Å².